The molecular formula is C12H18O2. The molecule has 0 aliphatic carbocycles. The van der Waals surface area contributed by atoms with Gasteiger partial charge in [-0.3, -0.25) is 0 Å². The Morgan fingerprint density at radius 2 is 2.00 bits per heavy atom. The van der Waals surface area contributed by atoms with E-state index in [1.807, 2.05) is 13.8 Å². The highest BCUT2D eigenvalue weighted by Crippen LogP contribution is 2.19. The highest BCUT2D eigenvalue weighted by atomic mass is 16.5. The zero-order valence-corrected chi connectivity index (χ0v) is 9.33. The number of aryl methyl sites for hydroxylation is 2. The van der Waals surface area contributed by atoms with Gasteiger partial charge in [0.2, 0.25) is 0 Å². The summed E-state index contributed by atoms with van der Waals surface area (Å²) in [7, 11) is 1.69. The molecule has 78 valence electrons. The molecule has 0 N–H and O–H groups in total. The third kappa shape index (κ3) is 3.04. The van der Waals surface area contributed by atoms with Crippen LogP contribution in [0, 0.1) is 13.8 Å². The molecule has 0 aliphatic heterocycles. The van der Waals surface area contributed by atoms with E-state index in [0.29, 0.717) is 6.61 Å². The molecule has 0 heterocycles. The third-order valence-electron chi connectivity index (χ3n) is 2.22. The standard InChI is InChI=1S/C12H18O2/c1-9-5-6-10(2)12(7-9)14-8-11(3)13-4/h5-7,11H,8H2,1-4H3. The maximum atomic E-state index is 5.65. The van der Waals surface area contributed by atoms with Crippen molar-refractivity contribution in [3.63, 3.8) is 0 Å². The maximum absolute atomic E-state index is 5.65. The van der Waals surface area contributed by atoms with Crippen molar-refractivity contribution in [3.8, 4) is 5.75 Å². The molecule has 0 amide bonds. The second-order valence-corrected chi connectivity index (χ2v) is 3.63. The van der Waals surface area contributed by atoms with E-state index in [2.05, 4.69) is 25.1 Å². The zero-order chi connectivity index (χ0) is 10.6. The number of hydrogen-bond acceptors (Lipinski definition) is 2. The first-order valence-electron chi connectivity index (χ1n) is 4.86. The van der Waals surface area contributed by atoms with E-state index in [0.717, 1.165) is 5.75 Å². The smallest absolute Gasteiger partial charge is 0.122 e. The minimum atomic E-state index is 0.134. The molecule has 14 heavy (non-hydrogen) atoms. The van der Waals surface area contributed by atoms with Crippen LogP contribution in [0.1, 0.15) is 18.1 Å². The molecule has 2 heteroatoms. The van der Waals surface area contributed by atoms with Crippen molar-refractivity contribution in [2.75, 3.05) is 13.7 Å². The normalized spacial score (nSPS) is 12.6. The second-order valence-electron chi connectivity index (χ2n) is 3.63. The van der Waals surface area contributed by atoms with Crippen molar-refractivity contribution in [2.45, 2.75) is 26.9 Å². The summed E-state index contributed by atoms with van der Waals surface area (Å²) >= 11 is 0. The van der Waals surface area contributed by atoms with Gasteiger partial charge in [-0.05, 0) is 38.0 Å². The molecule has 0 saturated carbocycles. The molecule has 0 radical (unpaired) electrons. The van der Waals surface area contributed by atoms with Gasteiger partial charge < -0.3 is 9.47 Å². The van der Waals surface area contributed by atoms with Crippen molar-refractivity contribution in [3.05, 3.63) is 29.3 Å². The minimum absolute atomic E-state index is 0.134. The highest BCUT2D eigenvalue weighted by Gasteiger charge is 2.03. The topological polar surface area (TPSA) is 18.5 Å². The van der Waals surface area contributed by atoms with E-state index in [4.69, 9.17) is 9.47 Å². The van der Waals surface area contributed by atoms with Gasteiger partial charge in [-0.25, -0.2) is 0 Å². The van der Waals surface area contributed by atoms with Crippen LogP contribution < -0.4 is 4.74 Å². The van der Waals surface area contributed by atoms with Crippen LogP contribution >= 0.6 is 0 Å². The second kappa shape index (κ2) is 5.01. The highest BCUT2D eigenvalue weighted by molar-refractivity contribution is 5.35. The van der Waals surface area contributed by atoms with Crippen molar-refractivity contribution < 1.29 is 9.47 Å². The van der Waals surface area contributed by atoms with Gasteiger partial charge in [0.25, 0.3) is 0 Å². The molecule has 1 aromatic rings. The van der Waals surface area contributed by atoms with Gasteiger partial charge in [0.15, 0.2) is 0 Å². The Hall–Kier alpha value is -1.02. The Morgan fingerprint density at radius 1 is 1.29 bits per heavy atom. The van der Waals surface area contributed by atoms with Crippen LogP contribution in [0.5, 0.6) is 5.75 Å². The van der Waals surface area contributed by atoms with Crippen LogP contribution in [-0.2, 0) is 4.74 Å². The lowest BCUT2D eigenvalue weighted by Gasteiger charge is -2.13. The molecule has 0 bridgehead atoms. The summed E-state index contributed by atoms with van der Waals surface area (Å²) in [6.07, 6.45) is 0.134. The third-order valence-corrected chi connectivity index (χ3v) is 2.22. The first kappa shape index (κ1) is 11.1. The van der Waals surface area contributed by atoms with Crippen molar-refractivity contribution >= 4 is 0 Å². The minimum Gasteiger partial charge on any atom is -0.491 e. The summed E-state index contributed by atoms with van der Waals surface area (Å²) in [6.45, 7) is 6.70. The molecule has 0 spiro atoms. The molecule has 1 rings (SSSR count). The number of methoxy groups -OCH3 is 1. The van der Waals surface area contributed by atoms with Crippen LogP contribution in [0.3, 0.4) is 0 Å². The van der Waals surface area contributed by atoms with Crippen LogP contribution in [0.4, 0.5) is 0 Å². The predicted molar refractivity (Wildman–Crippen MR) is 57.9 cm³/mol. The molecule has 0 aromatic heterocycles. The molecular weight excluding hydrogens is 176 g/mol. The first-order chi connectivity index (χ1) is 6.63. The Kier molecular flexibility index (Phi) is 3.96. The maximum Gasteiger partial charge on any atom is 0.122 e. The SMILES string of the molecule is COC(C)COc1cc(C)ccc1C. The quantitative estimate of drug-likeness (QED) is 0.733. The number of rotatable bonds is 4. The van der Waals surface area contributed by atoms with E-state index in [9.17, 15) is 0 Å². The van der Waals surface area contributed by atoms with Gasteiger partial charge in [0.1, 0.15) is 12.4 Å². The Morgan fingerprint density at radius 3 is 2.64 bits per heavy atom. The van der Waals surface area contributed by atoms with Crippen LogP contribution in [0.2, 0.25) is 0 Å². The van der Waals surface area contributed by atoms with Gasteiger partial charge in [-0.15, -0.1) is 0 Å². The predicted octanol–water partition coefficient (Wildman–Crippen LogP) is 2.72. The molecule has 0 fully saturated rings. The van der Waals surface area contributed by atoms with Gasteiger partial charge in [0, 0.05) is 7.11 Å². The average molecular weight is 194 g/mol. The fourth-order valence-corrected chi connectivity index (χ4v) is 1.14. The molecule has 1 aromatic carbocycles. The van der Waals surface area contributed by atoms with Gasteiger partial charge in [-0.1, -0.05) is 12.1 Å². The van der Waals surface area contributed by atoms with E-state index in [1.54, 1.807) is 7.11 Å². The molecule has 0 saturated heterocycles. The average Bonchev–Trinajstić information content (AvgIpc) is 2.19. The molecule has 2 nitrogen and oxygen atoms in total. The van der Waals surface area contributed by atoms with E-state index in [1.165, 1.54) is 11.1 Å². The largest absolute Gasteiger partial charge is 0.491 e. The lowest BCUT2D eigenvalue weighted by Crippen LogP contribution is -2.16. The van der Waals surface area contributed by atoms with E-state index < -0.39 is 0 Å². The first-order valence-corrected chi connectivity index (χ1v) is 4.86. The Balaban J connectivity index is 2.62. The zero-order valence-electron chi connectivity index (χ0n) is 9.33. The lowest BCUT2D eigenvalue weighted by molar-refractivity contribution is 0.0714. The summed E-state index contributed by atoms with van der Waals surface area (Å²) in [5, 5.41) is 0. The number of ether oxygens (including phenoxy) is 2. The number of benzene rings is 1. The van der Waals surface area contributed by atoms with Crippen LogP contribution in [0.25, 0.3) is 0 Å². The van der Waals surface area contributed by atoms with Gasteiger partial charge in [0.05, 0.1) is 6.10 Å². The van der Waals surface area contributed by atoms with Gasteiger partial charge >= 0.3 is 0 Å². The summed E-state index contributed by atoms with van der Waals surface area (Å²) < 4.78 is 10.8. The summed E-state index contributed by atoms with van der Waals surface area (Å²) in [5.74, 6) is 0.953. The van der Waals surface area contributed by atoms with Crippen molar-refractivity contribution in [1.29, 1.82) is 0 Å². The summed E-state index contributed by atoms with van der Waals surface area (Å²) in [5.41, 5.74) is 2.38. The fraction of sp³-hybridized carbons (Fsp3) is 0.500. The molecule has 1 unspecified atom stereocenters. The van der Waals surface area contributed by atoms with Crippen molar-refractivity contribution in [1.82, 2.24) is 0 Å². The molecule has 1 atom stereocenters. The lowest BCUT2D eigenvalue weighted by atomic mass is 10.1. The summed E-state index contributed by atoms with van der Waals surface area (Å²) in [6, 6.07) is 6.21. The Labute approximate surface area is 85.8 Å². The summed E-state index contributed by atoms with van der Waals surface area (Å²) in [4.78, 5) is 0. The van der Waals surface area contributed by atoms with Crippen molar-refractivity contribution in [2.24, 2.45) is 0 Å². The van der Waals surface area contributed by atoms with Crippen LogP contribution in [-0.4, -0.2) is 19.8 Å². The van der Waals surface area contributed by atoms with Crippen LogP contribution in [0.15, 0.2) is 18.2 Å². The van der Waals surface area contributed by atoms with Gasteiger partial charge in [-0.2, -0.15) is 0 Å². The number of hydrogen-bond donors (Lipinski definition) is 0. The molecule has 0 aliphatic rings. The fourth-order valence-electron chi connectivity index (χ4n) is 1.14. The Bertz CT molecular complexity index is 294. The van der Waals surface area contributed by atoms with E-state index >= 15 is 0 Å². The monoisotopic (exact) mass is 194 g/mol. The van der Waals surface area contributed by atoms with E-state index in [-0.39, 0.29) is 6.10 Å².